The van der Waals surface area contributed by atoms with Crippen molar-refractivity contribution in [3.63, 3.8) is 0 Å². The first-order valence-corrected chi connectivity index (χ1v) is 8.27. The Morgan fingerprint density at radius 2 is 1.52 bits per heavy atom. The van der Waals surface area contributed by atoms with Crippen LogP contribution in [-0.2, 0) is 9.53 Å². The van der Waals surface area contributed by atoms with Crippen molar-refractivity contribution in [3.8, 4) is 0 Å². The molecular weight excluding hydrogens is 306 g/mol. The van der Waals surface area contributed by atoms with Gasteiger partial charge < -0.3 is 10.1 Å². The number of benzene rings is 2. The molecule has 0 saturated heterocycles. The summed E-state index contributed by atoms with van der Waals surface area (Å²) < 4.78 is 5.72. The normalized spacial score (nSPS) is 10.5. The van der Waals surface area contributed by atoms with Crippen molar-refractivity contribution in [2.45, 2.75) is 6.10 Å². The van der Waals surface area contributed by atoms with Crippen molar-refractivity contribution in [1.82, 2.24) is 0 Å². The molecular formula is C19H17NO2S. The first kappa shape index (κ1) is 15.3. The molecule has 0 atom stereocenters. The zero-order valence-corrected chi connectivity index (χ0v) is 13.3. The summed E-state index contributed by atoms with van der Waals surface area (Å²) in [4.78, 5) is 12.2. The molecule has 2 aromatic carbocycles. The van der Waals surface area contributed by atoms with E-state index in [2.05, 4.69) is 5.32 Å². The van der Waals surface area contributed by atoms with Crippen LogP contribution in [0.2, 0.25) is 0 Å². The van der Waals surface area contributed by atoms with Crippen molar-refractivity contribution < 1.29 is 9.53 Å². The van der Waals surface area contributed by atoms with Crippen LogP contribution in [0.1, 0.15) is 17.2 Å². The summed E-state index contributed by atoms with van der Waals surface area (Å²) in [6.45, 7) is 0.149. The van der Waals surface area contributed by atoms with Gasteiger partial charge in [-0.1, -0.05) is 60.7 Å². The Balaban J connectivity index is 1.72. The standard InChI is InChI=1S/C19H17NO2S/c21-18(14-20-17-12-7-13-23-17)22-19(15-8-3-1-4-9-15)16-10-5-2-6-11-16/h1-13,19-20H,14H2. The third-order valence-corrected chi connectivity index (χ3v) is 4.21. The third-order valence-electron chi connectivity index (χ3n) is 3.38. The summed E-state index contributed by atoms with van der Waals surface area (Å²) in [6, 6.07) is 23.4. The van der Waals surface area contributed by atoms with E-state index in [1.54, 1.807) is 11.3 Å². The van der Waals surface area contributed by atoms with Gasteiger partial charge in [-0.25, -0.2) is 0 Å². The fourth-order valence-corrected chi connectivity index (χ4v) is 2.91. The van der Waals surface area contributed by atoms with Gasteiger partial charge in [-0.2, -0.15) is 0 Å². The highest BCUT2D eigenvalue weighted by Gasteiger charge is 2.18. The third kappa shape index (κ3) is 4.20. The van der Waals surface area contributed by atoms with Gasteiger partial charge in [0.15, 0.2) is 6.10 Å². The molecule has 23 heavy (non-hydrogen) atoms. The molecule has 0 aliphatic rings. The van der Waals surface area contributed by atoms with Gasteiger partial charge in [0.25, 0.3) is 0 Å². The van der Waals surface area contributed by atoms with Crippen LogP contribution in [0.5, 0.6) is 0 Å². The summed E-state index contributed by atoms with van der Waals surface area (Å²) in [5.74, 6) is -0.281. The zero-order valence-electron chi connectivity index (χ0n) is 12.5. The highest BCUT2D eigenvalue weighted by molar-refractivity contribution is 7.14. The van der Waals surface area contributed by atoms with Gasteiger partial charge in [0.1, 0.15) is 6.54 Å². The number of anilines is 1. The lowest BCUT2D eigenvalue weighted by Gasteiger charge is -2.19. The first-order valence-electron chi connectivity index (χ1n) is 7.39. The topological polar surface area (TPSA) is 38.3 Å². The summed E-state index contributed by atoms with van der Waals surface area (Å²) in [5.41, 5.74) is 1.92. The molecule has 0 amide bonds. The molecule has 0 bridgehead atoms. The minimum Gasteiger partial charge on any atom is -0.451 e. The van der Waals surface area contributed by atoms with Crippen LogP contribution in [0.15, 0.2) is 78.2 Å². The summed E-state index contributed by atoms with van der Waals surface area (Å²) in [7, 11) is 0. The molecule has 116 valence electrons. The van der Waals surface area contributed by atoms with Gasteiger partial charge >= 0.3 is 5.97 Å². The highest BCUT2D eigenvalue weighted by atomic mass is 32.1. The van der Waals surface area contributed by atoms with Gasteiger partial charge in [-0.05, 0) is 28.6 Å². The number of carbonyl (C=O) groups excluding carboxylic acids is 1. The molecule has 0 unspecified atom stereocenters. The van der Waals surface area contributed by atoms with Crippen molar-refractivity contribution >= 4 is 22.3 Å². The monoisotopic (exact) mass is 323 g/mol. The van der Waals surface area contributed by atoms with E-state index in [1.165, 1.54) is 0 Å². The predicted molar refractivity (Wildman–Crippen MR) is 93.6 cm³/mol. The summed E-state index contributed by atoms with van der Waals surface area (Å²) in [6.07, 6.45) is -0.393. The number of hydrogen-bond acceptors (Lipinski definition) is 4. The maximum absolute atomic E-state index is 12.2. The van der Waals surface area contributed by atoms with Crippen LogP contribution >= 0.6 is 11.3 Å². The molecule has 0 aliphatic carbocycles. The Morgan fingerprint density at radius 1 is 0.913 bits per heavy atom. The smallest absolute Gasteiger partial charge is 0.326 e. The second kappa shape index (κ2) is 7.61. The second-order valence-corrected chi connectivity index (χ2v) is 5.97. The summed E-state index contributed by atoms with van der Waals surface area (Å²) >= 11 is 1.56. The minimum atomic E-state index is -0.393. The number of rotatable bonds is 6. The molecule has 1 heterocycles. The zero-order chi connectivity index (χ0) is 15.9. The molecule has 4 heteroatoms. The number of nitrogens with one attached hydrogen (secondary N) is 1. The van der Waals surface area contributed by atoms with Crippen LogP contribution in [0, 0.1) is 0 Å². The van der Waals surface area contributed by atoms with E-state index in [9.17, 15) is 4.79 Å². The van der Waals surface area contributed by atoms with E-state index in [-0.39, 0.29) is 12.5 Å². The van der Waals surface area contributed by atoms with Gasteiger partial charge in [0, 0.05) is 0 Å². The average Bonchev–Trinajstić information content (AvgIpc) is 3.13. The Bertz CT molecular complexity index is 687. The molecule has 0 fully saturated rings. The molecule has 1 aromatic heterocycles. The van der Waals surface area contributed by atoms with E-state index >= 15 is 0 Å². The van der Waals surface area contributed by atoms with Crippen molar-refractivity contribution in [2.75, 3.05) is 11.9 Å². The van der Waals surface area contributed by atoms with Crippen LogP contribution in [-0.4, -0.2) is 12.5 Å². The Hall–Kier alpha value is -2.59. The Labute approximate surface area is 139 Å². The fourth-order valence-electron chi connectivity index (χ4n) is 2.30. The maximum atomic E-state index is 12.2. The Kier molecular flexibility index (Phi) is 5.06. The number of hydrogen-bond donors (Lipinski definition) is 1. The molecule has 0 spiro atoms. The van der Waals surface area contributed by atoms with E-state index in [1.807, 2.05) is 78.2 Å². The molecule has 0 saturated carbocycles. The number of carbonyl (C=O) groups is 1. The SMILES string of the molecule is O=C(CNc1cccs1)OC(c1ccccc1)c1ccccc1. The molecule has 3 nitrogen and oxygen atoms in total. The van der Waals surface area contributed by atoms with E-state index in [4.69, 9.17) is 4.74 Å². The molecule has 1 N–H and O–H groups in total. The quantitative estimate of drug-likeness (QED) is 0.679. The summed E-state index contributed by atoms with van der Waals surface area (Å²) in [5, 5.41) is 6.00. The van der Waals surface area contributed by atoms with E-state index < -0.39 is 6.10 Å². The lowest BCUT2D eigenvalue weighted by atomic mass is 10.0. The average molecular weight is 323 g/mol. The van der Waals surface area contributed by atoms with E-state index in [0.29, 0.717) is 0 Å². The fraction of sp³-hybridized carbons (Fsp3) is 0.105. The Morgan fingerprint density at radius 3 is 2.04 bits per heavy atom. The number of esters is 1. The lowest BCUT2D eigenvalue weighted by molar-refractivity contribution is -0.145. The molecule has 3 aromatic rings. The second-order valence-electron chi connectivity index (χ2n) is 5.02. The number of thiophene rings is 1. The van der Waals surface area contributed by atoms with Crippen LogP contribution < -0.4 is 5.32 Å². The van der Waals surface area contributed by atoms with E-state index in [0.717, 1.165) is 16.1 Å². The van der Waals surface area contributed by atoms with Gasteiger partial charge in [-0.3, -0.25) is 4.79 Å². The number of ether oxygens (including phenoxy) is 1. The predicted octanol–water partition coefficient (Wildman–Crippen LogP) is 4.49. The van der Waals surface area contributed by atoms with Crippen LogP contribution in [0.4, 0.5) is 5.00 Å². The maximum Gasteiger partial charge on any atom is 0.326 e. The van der Waals surface area contributed by atoms with Crippen molar-refractivity contribution in [2.24, 2.45) is 0 Å². The van der Waals surface area contributed by atoms with Crippen LogP contribution in [0.3, 0.4) is 0 Å². The molecule has 0 aliphatic heterocycles. The molecule has 3 rings (SSSR count). The van der Waals surface area contributed by atoms with Crippen molar-refractivity contribution in [1.29, 1.82) is 0 Å². The lowest BCUT2D eigenvalue weighted by Crippen LogP contribution is -2.20. The minimum absolute atomic E-state index is 0.149. The molecule has 0 radical (unpaired) electrons. The largest absolute Gasteiger partial charge is 0.451 e. The first-order chi connectivity index (χ1) is 11.3. The van der Waals surface area contributed by atoms with Gasteiger partial charge in [-0.15, -0.1) is 11.3 Å². The van der Waals surface area contributed by atoms with Crippen LogP contribution in [0.25, 0.3) is 0 Å². The van der Waals surface area contributed by atoms with Gasteiger partial charge in [0.05, 0.1) is 5.00 Å². The highest BCUT2D eigenvalue weighted by Crippen LogP contribution is 2.26. The van der Waals surface area contributed by atoms with Gasteiger partial charge in [0.2, 0.25) is 0 Å². The van der Waals surface area contributed by atoms with Crippen molar-refractivity contribution in [3.05, 3.63) is 89.3 Å².